The van der Waals surface area contributed by atoms with Gasteiger partial charge in [-0.05, 0) is 50.7 Å². The molecule has 3 heteroatoms. The van der Waals surface area contributed by atoms with Gasteiger partial charge in [-0.1, -0.05) is 19.1 Å². The van der Waals surface area contributed by atoms with Crippen molar-refractivity contribution in [3.8, 4) is 5.75 Å². The summed E-state index contributed by atoms with van der Waals surface area (Å²) in [6.07, 6.45) is 1.22. The highest BCUT2D eigenvalue weighted by molar-refractivity contribution is 5.31. The highest BCUT2D eigenvalue weighted by Gasteiger charge is 2.21. The minimum Gasteiger partial charge on any atom is -0.492 e. The summed E-state index contributed by atoms with van der Waals surface area (Å²) in [6.45, 7) is 5.11. The molecule has 1 aromatic rings. The lowest BCUT2D eigenvalue weighted by Gasteiger charge is -2.14. The fraction of sp³-hybridized carbons (Fsp3) is 0.600. The molecule has 18 heavy (non-hydrogen) atoms. The van der Waals surface area contributed by atoms with Gasteiger partial charge in [0, 0.05) is 12.6 Å². The van der Waals surface area contributed by atoms with Crippen molar-refractivity contribution >= 4 is 0 Å². The molecule has 0 aliphatic carbocycles. The molecule has 1 N–H and O–H groups in total. The van der Waals surface area contributed by atoms with E-state index in [1.54, 1.807) is 0 Å². The summed E-state index contributed by atoms with van der Waals surface area (Å²) in [5, 5.41) is 3.56. The Hall–Kier alpha value is -1.06. The molecule has 1 aromatic carbocycles. The Bertz CT molecular complexity index is 379. The van der Waals surface area contributed by atoms with Crippen LogP contribution in [0.4, 0.5) is 0 Å². The molecule has 1 saturated heterocycles. The SMILES string of the molecule is CC1CNC(c2cccc(OCCN(C)C)c2)C1. The van der Waals surface area contributed by atoms with Gasteiger partial charge >= 0.3 is 0 Å². The molecule has 0 radical (unpaired) electrons. The van der Waals surface area contributed by atoms with Crippen LogP contribution in [0.15, 0.2) is 24.3 Å². The maximum Gasteiger partial charge on any atom is 0.119 e. The van der Waals surface area contributed by atoms with Gasteiger partial charge < -0.3 is 15.0 Å². The van der Waals surface area contributed by atoms with Crippen molar-refractivity contribution in [3.63, 3.8) is 0 Å². The van der Waals surface area contributed by atoms with E-state index in [2.05, 4.69) is 49.4 Å². The maximum atomic E-state index is 5.77. The highest BCUT2D eigenvalue weighted by atomic mass is 16.5. The number of nitrogens with zero attached hydrogens (tertiary/aromatic N) is 1. The van der Waals surface area contributed by atoms with E-state index in [1.165, 1.54) is 12.0 Å². The van der Waals surface area contributed by atoms with Crippen LogP contribution in [0.25, 0.3) is 0 Å². The van der Waals surface area contributed by atoms with Crippen molar-refractivity contribution in [2.45, 2.75) is 19.4 Å². The Morgan fingerprint density at radius 1 is 1.39 bits per heavy atom. The van der Waals surface area contributed by atoms with Crippen molar-refractivity contribution in [3.05, 3.63) is 29.8 Å². The zero-order valence-electron chi connectivity index (χ0n) is 11.6. The molecule has 0 bridgehead atoms. The van der Waals surface area contributed by atoms with Crippen molar-refractivity contribution in [2.75, 3.05) is 33.8 Å². The Labute approximate surface area is 110 Å². The Balaban J connectivity index is 1.92. The molecule has 2 rings (SSSR count). The largest absolute Gasteiger partial charge is 0.492 e. The number of rotatable bonds is 5. The molecule has 2 unspecified atom stereocenters. The minimum atomic E-state index is 0.498. The van der Waals surface area contributed by atoms with Gasteiger partial charge in [0.15, 0.2) is 0 Å². The lowest BCUT2D eigenvalue weighted by Crippen LogP contribution is -2.19. The number of ether oxygens (including phenoxy) is 1. The quantitative estimate of drug-likeness (QED) is 0.865. The lowest BCUT2D eigenvalue weighted by molar-refractivity contribution is 0.261. The fourth-order valence-corrected chi connectivity index (χ4v) is 2.33. The average molecular weight is 248 g/mol. The second-order valence-corrected chi connectivity index (χ2v) is 5.53. The van der Waals surface area contributed by atoms with E-state index in [0.717, 1.165) is 31.4 Å². The molecule has 1 fully saturated rings. The van der Waals surface area contributed by atoms with Crippen LogP contribution in [0, 0.1) is 5.92 Å². The van der Waals surface area contributed by atoms with Crippen LogP contribution in [0.3, 0.4) is 0 Å². The molecule has 1 aliphatic heterocycles. The number of benzene rings is 1. The fourth-order valence-electron chi connectivity index (χ4n) is 2.33. The molecule has 3 nitrogen and oxygen atoms in total. The second kappa shape index (κ2) is 6.21. The zero-order chi connectivity index (χ0) is 13.0. The van der Waals surface area contributed by atoms with Crippen molar-refractivity contribution in [1.82, 2.24) is 10.2 Å². The number of hydrogen-bond acceptors (Lipinski definition) is 3. The zero-order valence-corrected chi connectivity index (χ0v) is 11.6. The van der Waals surface area contributed by atoms with Crippen LogP contribution >= 0.6 is 0 Å². The van der Waals surface area contributed by atoms with E-state index in [0.29, 0.717) is 6.04 Å². The summed E-state index contributed by atoms with van der Waals surface area (Å²) >= 11 is 0. The van der Waals surface area contributed by atoms with Crippen LogP contribution in [0.2, 0.25) is 0 Å². The van der Waals surface area contributed by atoms with E-state index in [4.69, 9.17) is 4.74 Å². The number of likely N-dealkylation sites (N-methyl/N-ethyl adjacent to an activating group) is 1. The van der Waals surface area contributed by atoms with Gasteiger partial charge in [-0.25, -0.2) is 0 Å². The summed E-state index contributed by atoms with van der Waals surface area (Å²) in [7, 11) is 4.12. The van der Waals surface area contributed by atoms with Crippen LogP contribution in [0.1, 0.15) is 24.9 Å². The molecule has 2 atom stereocenters. The van der Waals surface area contributed by atoms with Gasteiger partial charge in [-0.2, -0.15) is 0 Å². The first-order valence-electron chi connectivity index (χ1n) is 6.76. The second-order valence-electron chi connectivity index (χ2n) is 5.53. The summed E-state index contributed by atoms with van der Waals surface area (Å²) in [5.74, 6) is 1.75. The van der Waals surface area contributed by atoms with Gasteiger partial charge in [-0.15, -0.1) is 0 Å². The minimum absolute atomic E-state index is 0.498. The summed E-state index contributed by atoms with van der Waals surface area (Å²) < 4.78 is 5.77. The van der Waals surface area contributed by atoms with E-state index in [9.17, 15) is 0 Å². The van der Waals surface area contributed by atoms with Gasteiger partial charge in [0.2, 0.25) is 0 Å². The topological polar surface area (TPSA) is 24.5 Å². The molecular formula is C15H24N2O. The van der Waals surface area contributed by atoms with Gasteiger partial charge in [-0.3, -0.25) is 0 Å². The van der Waals surface area contributed by atoms with Crippen LogP contribution in [-0.2, 0) is 0 Å². The molecular weight excluding hydrogens is 224 g/mol. The Morgan fingerprint density at radius 3 is 2.89 bits per heavy atom. The summed E-state index contributed by atoms with van der Waals surface area (Å²) in [4.78, 5) is 2.13. The third kappa shape index (κ3) is 3.72. The van der Waals surface area contributed by atoms with Crippen LogP contribution in [-0.4, -0.2) is 38.7 Å². The molecule has 100 valence electrons. The molecule has 0 spiro atoms. The predicted octanol–water partition coefficient (Wildman–Crippen LogP) is 2.30. The normalized spacial score (nSPS) is 23.6. The van der Waals surface area contributed by atoms with Crippen LogP contribution < -0.4 is 10.1 Å². The molecule has 1 aliphatic rings. The average Bonchev–Trinajstić information content (AvgIpc) is 2.76. The van der Waals surface area contributed by atoms with Gasteiger partial charge in [0.05, 0.1) is 0 Å². The standard InChI is InChI=1S/C15H24N2O/c1-12-9-15(16-11-12)13-5-4-6-14(10-13)18-8-7-17(2)3/h4-6,10,12,15-16H,7-9,11H2,1-3H3. The number of nitrogens with one attached hydrogen (secondary N) is 1. The third-order valence-electron chi connectivity index (χ3n) is 3.42. The van der Waals surface area contributed by atoms with Gasteiger partial charge in [0.1, 0.15) is 12.4 Å². The first kappa shape index (κ1) is 13.4. The van der Waals surface area contributed by atoms with E-state index < -0.39 is 0 Å². The number of hydrogen-bond donors (Lipinski definition) is 1. The molecule has 0 aromatic heterocycles. The monoisotopic (exact) mass is 248 g/mol. The first-order valence-corrected chi connectivity index (χ1v) is 6.76. The highest BCUT2D eigenvalue weighted by Crippen LogP contribution is 2.28. The smallest absolute Gasteiger partial charge is 0.119 e. The van der Waals surface area contributed by atoms with E-state index in [-0.39, 0.29) is 0 Å². The maximum absolute atomic E-state index is 5.77. The molecule has 0 amide bonds. The molecule has 0 saturated carbocycles. The third-order valence-corrected chi connectivity index (χ3v) is 3.42. The van der Waals surface area contributed by atoms with Crippen molar-refractivity contribution in [1.29, 1.82) is 0 Å². The summed E-state index contributed by atoms with van der Waals surface area (Å²) in [6, 6.07) is 8.99. The van der Waals surface area contributed by atoms with Crippen molar-refractivity contribution < 1.29 is 4.74 Å². The Morgan fingerprint density at radius 2 is 2.22 bits per heavy atom. The first-order chi connectivity index (χ1) is 8.65. The molecule has 1 heterocycles. The summed E-state index contributed by atoms with van der Waals surface area (Å²) in [5.41, 5.74) is 1.35. The Kier molecular flexibility index (Phi) is 4.61. The van der Waals surface area contributed by atoms with E-state index >= 15 is 0 Å². The predicted molar refractivity (Wildman–Crippen MR) is 75.0 cm³/mol. The van der Waals surface area contributed by atoms with Gasteiger partial charge in [0.25, 0.3) is 0 Å². The van der Waals surface area contributed by atoms with E-state index in [1.807, 2.05) is 6.07 Å². The lowest BCUT2D eigenvalue weighted by atomic mass is 10.0. The van der Waals surface area contributed by atoms with Crippen molar-refractivity contribution in [2.24, 2.45) is 5.92 Å². The van der Waals surface area contributed by atoms with Crippen LogP contribution in [0.5, 0.6) is 5.75 Å².